The Kier molecular flexibility index (Phi) is 10.7. The standard InChI is InChI=1S/C30H41N3O5/c1-6-32(7-2)17-9-18-33-27(26(29(35)30(33)36)28(34)22-12-15-31-16-13-22)23-10-11-24(25(20-23)37-8-3)38-19-14-21(4)5/h10-13,15-16,20-21,27,34H,6-9,14,17-19H2,1-5H3. The molecule has 1 aromatic heterocycles. The lowest BCUT2D eigenvalue weighted by molar-refractivity contribution is -0.140. The van der Waals surface area contributed by atoms with E-state index in [0.29, 0.717) is 54.7 Å². The second-order valence-electron chi connectivity index (χ2n) is 9.78. The van der Waals surface area contributed by atoms with Gasteiger partial charge in [0.25, 0.3) is 11.7 Å². The zero-order valence-corrected chi connectivity index (χ0v) is 23.3. The highest BCUT2D eigenvalue weighted by atomic mass is 16.5. The number of amides is 1. The normalized spacial score (nSPS) is 17.0. The van der Waals surface area contributed by atoms with Gasteiger partial charge in [-0.1, -0.05) is 33.8 Å². The van der Waals surface area contributed by atoms with Gasteiger partial charge in [-0.15, -0.1) is 0 Å². The first-order chi connectivity index (χ1) is 18.3. The van der Waals surface area contributed by atoms with Crippen LogP contribution in [0.25, 0.3) is 5.76 Å². The van der Waals surface area contributed by atoms with Crippen molar-refractivity contribution < 1.29 is 24.2 Å². The van der Waals surface area contributed by atoms with Crippen LogP contribution in [0.3, 0.4) is 0 Å². The zero-order chi connectivity index (χ0) is 27.7. The molecule has 1 aliphatic heterocycles. The van der Waals surface area contributed by atoms with Crippen molar-refractivity contribution in [3.05, 3.63) is 59.4 Å². The van der Waals surface area contributed by atoms with Gasteiger partial charge in [-0.2, -0.15) is 0 Å². The van der Waals surface area contributed by atoms with Crippen LogP contribution in [0.2, 0.25) is 0 Å². The summed E-state index contributed by atoms with van der Waals surface area (Å²) >= 11 is 0. The minimum Gasteiger partial charge on any atom is -0.507 e. The van der Waals surface area contributed by atoms with E-state index in [2.05, 4.69) is 37.6 Å². The fourth-order valence-corrected chi connectivity index (χ4v) is 4.61. The number of ether oxygens (including phenoxy) is 2. The maximum Gasteiger partial charge on any atom is 0.295 e. The number of ketones is 1. The molecule has 1 fully saturated rings. The highest BCUT2D eigenvalue weighted by molar-refractivity contribution is 6.46. The monoisotopic (exact) mass is 523 g/mol. The Bertz CT molecular complexity index is 1110. The van der Waals surface area contributed by atoms with E-state index in [-0.39, 0.29) is 11.3 Å². The van der Waals surface area contributed by atoms with Crippen LogP contribution in [0.4, 0.5) is 0 Å². The molecule has 0 bridgehead atoms. The molecule has 1 atom stereocenters. The summed E-state index contributed by atoms with van der Waals surface area (Å²) in [5, 5.41) is 11.2. The van der Waals surface area contributed by atoms with E-state index in [1.807, 2.05) is 25.1 Å². The van der Waals surface area contributed by atoms with Crippen molar-refractivity contribution in [1.29, 1.82) is 0 Å². The Labute approximate surface area is 226 Å². The third kappa shape index (κ3) is 6.92. The van der Waals surface area contributed by atoms with Gasteiger partial charge in [0.1, 0.15) is 5.76 Å². The van der Waals surface area contributed by atoms with Gasteiger partial charge in [-0.3, -0.25) is 14.6 Å². The highest BCUT2D eigenvalue weighted by Crippen LogP contribution is 2.42. The summed E-state index contributed by atoms with van der Waals surface area (Å²) in [6, 6.07) is 7.99. The van der Waals surface area contributed by atoms with Crippen molar-refractivity contribution >= 4 is 17.4 Å². The number of Topliss-reactive ketones (excluding diaryl/α,β-unsaturated/α-hetero) is 1. The van der Waals surface area contributed by atoms with E-state index in [1.165, 1.54) is 0 Å². The molecular weight excluding hydrogens is 482 g/mol. The largest absolute Gasteiger partial charge is 0.507 e. The predicted octanol–water partition coefficient (Wildman–Crippen LogP) is 5.06. The Balaban J connectivity index is 2.04. The molecule has 1 aliphatic rings. The number of rotatable bonds is 14. The molecule has 2 heterocycles. The number of aliphatic hydroxyl groups excluding tert-OH is 1. The number of hydrogen-bond donors (Lipinski definition) is 1. The molecule has 0 saturated carbocycles. The van der Waals surface area contributed by atoms with E-state index in [4.69, 9.17) is 9.47 Å². The molecule has 0 spiro atoms. The number of carbonyl (C=O) groups excluding carboxylic acids is 2. The number of aliphatic hydroxyl groups is 1. The van der Waals surface area contributed by atoms with Gasteiger partial charge < -0.3 is 24.4 Å². The number of pyridine rings is 1. The Hall–Kier alpha value is -3.39. The molecule has 8 heteroatoms. The first kappa shape index (κ1) is 29.2. The molecular formula is C30H41N3O5. The average Bonchev–Trinajstić information content (AvgIpc) is 3.17. The smallest absolute Gasteiger partial charge is 0.295 e. The van der Waals surface area contributed by atoms with E-state index in [9.17, 15) is 14.7 Å². The lowest BCUT2D eigenvalue weighted by Gasteiger charge is -2.27. The Morgan fingerprint density at radius 1 is 1.05 bits per heavy atom. The van der Waals surface area contributed by atoms with Crippen LogP contribution in [-0.2, 0) is 9.59 Å². The maximum atomic E-state index is 13.3. The molecule has 1 N–H and O–H groups in total. The summed E-state index contributed by atoms with van der Waals surface area (Å²) < 4.78 is 11.9. The number of benzene rings is 1. The Morgan fingerprint density at radius 2 is 1.76 bits per heavy atom. The topological polar surface area (TPSA) is 92.2 Å². The molecule has 1 aromatic carbocycles. The molecule has 1 amide bonds. The Morgan fingerprint density at radius 3 is 2.39 bits per heavy atom. The predicted molar refractivity (Wildman–Crippen MR) is 148 cm³/mol. The van der Waals surface area contributed by atoms with Crippen molar-refractivity contribution in [2.45, 2.75) is 53.5 Å². The number of nitrogens with zero attached hydrogens (tertiary/aromatic N) is 3. The van der Waals surface area contributed by atoms with Crippen molar-refractivity contribution in [3.63, 3.8) is 0 Å². The van der Waals surface area contributed by atoms with Crippen LogP contribution in [0.15, 0.2) is 48.3 Å². The van der Waals surface area contributed by atoms with E-state index < -0.39 is 17.7 Å². The second kappa shape index (κ2) is 14.0. The van der Waals surface area contributed by atoms with Crippen molar-refractivity contribution in [2.24, 2.45) is 5.92 Å². The molecule has 8 nitrogen and oxygen atoms in total. The van der Waals surface area contributed by atoms with Crippen molar-refractivity contribution in [2.75, 3.05) is 39.4 Å². The fraction of sp³-hybridized carbons (Fsp3) is 0.500. The van der Waals surface area contributed by atoms with Crippen molar-refractivity contribution in [1.82, 2.24) is 14.8 Å². The minimum absolute atomic E-state index is 0.0694. The summed E-state index contributed by atoms with van der Waals surface area (Å²) in [6.45, 7) is 14.4. The van der Waals surface area contributed by atoms with Gasteiger partial charge in [0, 0.05) is 24.5 Å². The average molecular weight is 524 g/mol. The molecule has 3 rings (SSSR count). The lowest BCUT2D eigenvalue weighted by Crippen LogP contribution is -2.33. The SMILES string of the molecule is CCOc1cc(C2C(=C(O)c3ccncc3)C(=O)C(=O)N2CCCN(CC)CC)ccc1OCCC(C)C. The summed E-state index contributed by atoms with van der Waals surface area (Å²) in [5.41, 5.74) is 1.19. The van der Waals surface area contributed by atoms with E-state index in [1.54, 1.807) is 29.4 Å². The quantitative estimate of drug-likeness (QED) is 0.210. The summed E-state index contributed by atoms with van der Waals surface area (Å²) in [7, 11) is 0. The fourth-order valence-electron chi connectivity index (χ4n) is 4.61. The van der Waals surface area contributed by atoms with Gasteiger partial charge in [-0.05, 0) is 75.1 Å². The molecule has 38 heavy (non-hydrogen) atoms. The first-order valence-electron chi connectivity index (χ1n) is 13.6. The van der Waals surface area contributed by atoms with Gasteiger partial charge in [0.2, 0.25) is 0 Å². The van der Waals surface area contributed by atoms with Gasteiger partial charge in [0.15, 0.2) is 11.5 Å². The summed E-state index contributed by atoms with van der Waals surface area (Å²) in [5.74, 6) is 0.157. The first-order valence-corrected chi connectivity index (χ1v) is 13.6. The van der Waals surface area contributed by atoms with Crippen LogP contribution < -0.4 is 9.47 Å². The molecule has 0 radical (unpaired) electrons. The highest BCUT2D eigenvalue weighted by Gasteiger charge is 2.46. The number of carbonyl (C=O) groups is 2. The van der Waals surface area contributed by atoms with E-state index in [0.717, 1.165) is 26.1 Å². The third-order valence-electron chi connectivity index (χ3n) is 6.80. The minimum atomic E-state index is -0.746. The van der Waals surface area contributed by atoms with Gasteiger partial charge in [0.05, 0.1) is 24.8 Å². The van der Waals surface area contributed by atoms with Gasteiger partial charge >= 0.3 is 0 Å². The second-order valence-corrected chi connectivity index (χ2v) is 9.78. The molecule has 206 valence electrons. The molecule has 1 saturated heterocycles. The lowest BCUT2D eigenvalue weighted by atomic mass is 9.95. The number of likely N-dealkylation sites (tertiary alicyclic amines) is 1. The third-order valence-corrected chi connectivity index (χ3v) is 6.80. The molecule has 2 aromatic rings. The van der Waals surface area contributed by atoms with Crippen molar-refractivity contribution in [3.8, 4) is 11.5 Å². The van der Waals surface area contributed by atoms with Gasteiger partial charge in [-0.25, -0.2) is 0 Å². The summed E-state index contributed by atoms with van der Waals surface area (Å²) in [4.78, 5) is 34.4. The molecule has 1 unspecified atom stereocenters. The maximum absolute atomic E-state index is 13.3. The van der Waals surface area contributed by atoms with Crippen LogP contribution in [0.1, 0.15) is 64.6 Å². The van der Waals surface area contributed by atoms with Crippen LogP contribution in [0.5, 0.6) is 11.5 Å². The molecule has 0 aliphatic carbocycles. The zero-order valence-electron chi connectivity index (χ0n) is 23.3. The van der Waals surface area contributed by atoms with Crippen LogP contribution >= 0.6 is 0 Å². The number of hydrogen-bond acceptors (Lipinski definition) is 7. The van der Waals surface area contributed by atoms with Crippen LogP contribution in [0, 0.1) is 5.92 Å². The van der Waals surface area contributed by atoms with E-state index >= 15 is 0 Å². The summed E-state index contributed by atoms with van der Waals surface area (Å²) in [6.07, 6.45) is 4.70. The number of aromatic nitrogens is 1. The van der Waals surface area contributed by atoms with Crippen LogP contribution in [-0.4, -0.2) is 71.0 Å².